The van der Waals surface area contributed by atoms with E-state index in [1.807, 2.05) is 0 Å². The monoisotopic (exact) mass is 552 g/mol. The summed E-state index contributed by atoms with van der Waals surface area (Å²) in [6.45, 7) is 28.3. The third-order valence-electron chi connectivity index (χ3n) is 10.7. The van der Waals surface area contributed by atoms with Crippen LogP contribution in [0.15, 0.2) is 35.5 Å². The molecule has 1 fully saturated rings. The smallest absolute Gasteiger partial charge is 0.116 e. The van der Waals surface area contributed by atoms with E-state index >= 15 is 0 Å². The Morgan fingerprint density at radius 2 is 0.821 bits per heavy atom. The van der Waals surface area contributed by atoms with Gasteiger partial charge in [0.1, 0.15) is 16.1 Å². The van der Waals surface area contributed by atoms with E-state index in [0.717, 1.165) is 12.8 Å². The molecule has 3 aliphatic rings. The molecule has 2 atom stereocenters. The molecule has 0 heterocycles. The summed E-state index contributed by atoms with van der Waals surface area (Å²) in [7, 11) is -3.58. The van der Waals surface area contributed by atoms with E-state index in [1.165, 1.54) is 17.6 Å². The van der Waals surface area contributed by atoms with Gasteiger partial charge in [0.25, 0.3) is 0 Å². The SMILES string of the molecule is CC(C)[Si](C#CC#CC1=C(C#CC#C[Si](C(C)C)(C(C)C)C(C)C)C23C=CC=CC12CCC3)(C(C)C)C(C)C. The van der Waals surface area contributed by atoms with E-state index < -0.39 is 16.1 Å². The molecule has 0 radical (unpaired) electrons. The molecule has 3 aliphatic carbocycles. The van der Waals surface area contributed by atoms with Crippen molar-refractivity contribution in [3.63, 3.8) is 0 Å². The van der Waals surface area contributed by atoms with Crippen LogP contribution in [0.2, 0.25) is 33.2 Å². The molecule has 208 valence electrons. The summed E-state index contributed by atoms with van der Waals surface area (Å²) < 4.78 is 0. The Morgan fingerprint density at radius 1 is 0.513 bits per heavy atom. The quantitative estimate of drug-likeness (QED) is 0.227. The van der Waals surface area contributed by atoms with E-state index in [-0.39, 0.29) is 10.8 Å². The second-order valence-electron chi connectivity index (χ2n) is 14.1. The molecule has 2 heteroatoms. The lowest BCUT2D eigenvalue weighted by atomic mass is 9.47. The first-order valence-electron chi connectivity index (χ1n) is 15.4. The Balaban J connectivity index is 2.11. The Morgan fingerprint density at radius 3 is 1.10 bits per heavy atom. The predicted octanol–water partition coefficient (Wildman–Crippen LogP) is 10.0. The van der Waals surface area contributed by atoms with Gasteiger partial charge in [-0.2, -0.15) is 0 Å². The zero-order valence-electron chi connectivity index (χ0n) is 26.9. The lowest BCUT2D eigenvalue weighted by molar-refractivity contribution is 0.232. The van der Waals surface area contributed by atoms with Crippen molar-refractivity contribution in [3.8, 4) is 46.6 Å². The maximum atomic E-state index is 3.79. The van der Waals surface area contributed by atoms with Crippen molar-refractivity contribution in [2.45, 2.75) is 136 Å². The van der Waals surface area contributed by atoms with Crippen molar-refractivity contribution in [1.82, 2.24) is 0 Å². The summed E-state index contributed by atoms with van der Waals surface area (Å²) in [6.07, 6.45) is 12.7. The summed E-state index contributed by atoms with van der Waals surface area (Å²) in [4.78, 5) is 0. The molecule has 0 aromatic carbocycles. The van der Waals surface area contributed by atoms with Crippen LogP contribution >= 0.6 is 0 Å². The topological polar surface area (TPSA) is 0 Å². The van der Waals surface area contributed by atoms with Gasteiger partial charge < -0.3 is 0 Å². The highest BCUT2D eigenvalue weighted by Gasteiger charge is 2.64. The molecule has 3 rings (SSSR count). The molecule has 0 bridgehead atoms. The average Bonchev–Trinajstić information content (AvgIpc) is 3.19. The van der Waals surface area contributed by atoms with Crippen molar-refractivity contribution in [2.24, 2.45) is 10.8 Å². The van der Waals surface area contributed by atoms with Gasteiger partial charge in [-0.15, -0.1) is 11.1 Å². The number of rotatable bonds is 6. The van der Waals surface area contributed by atoms with Gasteiger partial charge in [-0.25, -0.2) is 0 Å². The molecule has 0 aromatic rings. The number of hydrogen-bond donors (Lipinski definition) is 0. The van der Waals surface area contributed by atoms with Crippen LogP contribution in [-0.4, -0.2) is 16.1 Å². The maximum absolute atomic E-state index is 3.79. The minimum atomic E-state index is -1.79. The van der Waals surface area contributed by atoms with Crippen molar-refractivity contribution < 1.29 is 0 Å². The zero-order chi connectivity index (χ0) is 29.2. The molecular formula is C37H52Si2. The van der Waals surface area contributed by atoms with Gasteiger partial charge in [-0.3, -0.25) is 0 Å². The van der Waals surface area contributed by atoms with Gasteiger partial charge in [-0.1, -0.05) is 126 Å². The molecule has 0 saturated heterocycles. The molecule has 39 heavy (non-hydrogen) atoms. The van der Waals surface area contributed by atoms with Crippen molar-refractivity contribution in [3.05, 3.63) is 35.5 Å². The molecule has 0 N–H and O–H groups in total. The van der Waals surface area contributed by atoms with Crippen molar-refractivity contribution in [2.75, 3.05) is 0 Å². The Hall–Kier alpha value is -2.11. The summed E-state index contributed by atoms with van der Waals surface area (Å²) in [5, 5.41) is 0. The minimum Gasteiger partial charge on any atom is -0.116 e. The van der Waals surface area contributed by atoms with Crippen LogP contribution < -0.4 is 0 Å². The fourth-order valence-corrected chi connectivity index (χ4v) is 19.2. The highest BCUT2D eigenvalue weighted by Crippen LogP contribution is 2.71. The van der Waals surface area contributed by atoms with Gasteiger partial charge >= 0.3 is 0 Å². The first-order valence-corrected chi connectivity index (χ1v) is 19.9. The molecule has 1 saturated carbocycles. The zero-order valence-corrected chi connectivity index (χ0v) is 28.9. The molecule has 0 aliphatic heterocycles. The Kier molecular flexibility index (Phi) is 9.50. The van der Waals surface area contributed by atoms with E-state index in [0.29, 0.717) is 33.2 Å². The van der Waals surface area contributed by atoms with Crippen LogP contribution in [-0.2, 0) is 0 Å². The first-order chi connectivity index (χ1) is 18.3. The predicted molar refractivity (Wildman–Crippen MR) is 177 cm³/mol. The molecular weight excluding hydrogens is 501 g/mol. The maximum Gasteiger partial charge on any atom is 0.147 e. The molecule has 0 nitrogen and oxygen atoms in total. The Bertz CT molecular complexity index is 1140. The highest BCUT2D eigenvalue weighted by molar-refractivity contribution is 6.91. The Labute approximate surface area is 244 Å². The second kappa shape index (κ2) is 11.8. The molecule has 2 unspecified atom stereocenters. The summed E-state index contributed by atoms with van der Waals surface area (Å²) in [5.41, 5.74) is 13.7. The molecule has 0 spiro atoms. The van der Waals surface area contributed by atoms with Gasteiger partial charge in [0, 0.05) is 22.0 Å². The van der Waals surface area contributed by atoms with Crippen LogP contribution in [0.3, 0.4) is 0 Å². The fourth-order valence-electron chi connectivity index (χ4n) is 8.92. The summed E-state index contributed by atoms with van der Waals surface area (Å²) >= 11 is 0. The van der Waals surface area contributed by atoms with Crippen LogP contribution in [0.5, 0.6) is 0 Å². The van der Waals surface area contributed by atoms with Crippen LogP contribution in [0.1, 0.15) is 102 Å². The molecule has 0 aromatic heterocycles. The third kappa shape index (κ3) is 4.88. The normalized spacial score (nSPS) is 23.5. The van der Waals surface area contributed by atoms with E-state index in [4.69, 9.17) is 0 Å². The van der Waals surface area contributed by atoms with E-state index in [2.05, 4.69) is 154 Å². The number of allylic oxidation sites excluding steroid dienone is 6. The van der Waals surface area contributed by atoms with E-state index in [1.54, 1.807) is 0 Å². The lowest BCUT2D eigenvalue weighted by Gasteiger charge is -2.53. The highest BCUT2D eigenvalue weighted by atomic mass is 28.3. The lowest BCUT2D eigenvalue weighted by Crippen LogP contribution is -2.48. The van der Waals surface area contributed by atoms with Gasteiger partial charge in [0.15, 0.2) is 0 Å². The minimum absolute atomic E-state index is 0.00282. The van der Waals surface area contributed by atoms with E-state index in [9.17, 15) is 0 Å². The van der Waals surface area contributed by atoms with Crippen molar-refractivity contribution in [1.29, 1.82) is 0 Å². The van der Waals surface area contributed by atoms with Crippen LogP contribution in [0.25, 0.3) is 0 Å². The van der Waals surface area contributed by atoms with Crippen LogP contribution in [0, 0.1) is 57.4 Å². The molecule has 0 amide bonds. The first kappa shape index (κ1) is 31.4. The van der Waals surface area contributed by atoms with Crippen LogP contribution in [0.4, 0.5) is 0 Å². The standard InChI is InChI=1S/C37H52Si2/c1-28(2)38(29(3)4,30(5)6)26-17-13-20-34-35(37-23-16-15-22-36(34,37)24-19-25-37)21-14-18-27-39(31(7)8,32(9)10)33(11)12/h15-16,22-23,28-33H,19,24-25H2,1-12H3. The van der Waals surface area contributed by atoms with Gasteiger partial charge in [0.05, 0.1) is 0 Å². The van der Waals surface area contributed by atoms with Gasteiger partial charge in [0.2, 0.25) is 0 Å². The largest absolute Gasteiger partial charge is 0.147 e. The third-order valence-corrected chi connectivity index (χ3v) is 23.3. The summed E-state index contributed by atoms with van der Waals surface area (Å²) in [6, 6.07) is 0. The fraction of sp³-hybridized carbons (Fsp3) is 0.622. The average molecular weight is 553 g/mol. The second-order valence-corrected chi connectivity index (χ2v) is 25.2. The van der Waals surface area contributed by atoms with Crippen molar-refractivity contribution >= 4 is 16.1 Å². The number of hydrogen-bond acceptors (Lipinski definition) is 0. The summed E-state index contributed by atoms with van der Waals surface area (Å²) in [5.74, 6) is 20.6. The van der Waals surface area contributed by atoms with Gasteiger partial charge in [-0.05, 0) is 69.8 Å².